The van der Waals surface area contributed by atoms with Crippen LogP contribution in [-0.2, 0) is 4.74 Å². The second-order valence-electron chi connectivity index (χ2n) is 6.57. The first-order chi connectivity index (χ1) is 11.7. The number of aliphatic hydroxyl groups is 1. The van der Waals surface area contributed by atoms with Crippen molar-refractivity contribution in [3.05, 3.63) is 24.3 Å². The predicted octanol–water partition coefficient (Wildman–Crippen LogP) is -6.31. The SMILES string of the molecule is CCCCOCC(O)C[NH+]1CC[NH+](c2ccccc2OCC)CC1.[Cl-].[Cl-]. The van der Waals surface area contributed by atoms with Crippen molar-refractivity contribution in [3.8, 4) is 5.75 Å². The first kappa shape index (κ1) is 25.4. The molecular formula is C19H34Cl2N2O3. The Morgan fingerprint density at radius 2 is 1.77 bits per heavy atom. The highest BCUT2D eigenvalue weighted by Crippen LogP contribution is 2.19. The molecule has 0 bridgehead atoms. The van der Waals surface area contributed by atoms with E-state index in [2.05, 4.69) is 25.1 Å². The van der Waals surface area contributed by atoms with E-state index in [0.29, 0.717) is 13.2 Å². The number of hydrogen-bond donors (Lipinski definition) is 3. The van der Waals surface area contributed by atoms with Crippen LogP contribution in [0.5, 0.6) is 5.75 Å². The fourth-order valence-electron chi connectivity index (χ4n) is 3.28. The smallest absolute Gasteiger partial charge is 0.179 e. The van der Waals surface area contributed by atoms with Gasteiger partial charge in [0.15, 0.2) is 11.4 Å². The van der Waals surface area contributed by atoms with Gasteiger partial charge >= 0.3 is 0 Å². The average molecular weight is 409 g/mol. The van der Waals surface area contributed by atoms with E-state index in [1.807, 2.05) is 13.0 Å². The topological polar surface area (TPSA) is 47.6 Å². The normalized spacial score (nSPS) is 20.6. The number of unbranched alkanes of at least 4 members (excludes halogenated alkanes) is 1. The Balaban J connectivity index is 0.00000312. The molecule has 1 fully saturated rings. The van der Waals surface area contributed by atoms with E-state index in [1.165, 1.54) is 15.5 Å². The number of halogens is 2. The molecule has 1 saturated heterocycles. The third kappa shape index (κ3) is 8.42. The van der Waals surface area contributed by atoms with Crippen LogP contribution in [0.2, 0.25) is 0 Å². The molecule has 26 heavy (non-hydrogen) atoms. The molecule has 0 amide bonds. The minimum absolute atomic E-state index is 0. The van der Waals surface area contributed by atoms with Crippen LogP contribution in [0.3, 0.4) is 0 Å². The van der Waals surface area contributed by atoms with Crippen molar-refractivity contribution in [2.75, 3.05) is 52.5 Å². The Morgan fingerprint density at radius 3 is 2.42 bits per heavy atom. The van der Waals surface area contributed by atoms with Crippen LogP contribution in [0.25, 0.3) is 0 Å². The summed E-state index contributed by atoms with van der Waals surface area (Å²) in [6.45, 7) is 11.2. The summed E-state index contributed by atoms with van der Waals surface area (Å²) in [7, 11) is 0. The summed E-state index contributed by atoms with van der Waals surface area (Å²) in [5.41, 5.74) is 1.27. The summed E-state index contributed by atoms with van der Waals surface area (Å²) in [6, 6.07) is 8.34. The molecule has 5 nitrogen and oxygen atoms in total. The minimum atomic E-state index is -0.353. The zero-order chi connectivity index (χ0) is 17.2. The van der Waals surface area contributed by atoms with Gasteiger partial charge in [-0.3, -0.25) is 4.90 Å². The summed E-state index contributed by atoms with van der Waals surface area (Å²) in [6.07, 6.45) is 1.85. The number of rotatable bonds is 10. The quantitative estimate of drug-likeness (QED) is 0.337. The average Bonchev–Trinajstić information content (AvgIpc) is 2.60. The highest BCUT2D eigenvalue weighted by Gasteiger charge is 2.27. The second-order valence-corrected chi connectivity index (χ2v) is 6.57. The number of piperazine rings is 1. The van der Waals surface area contributed by atoms with Gasteiger partial charge in [-0.2, -0.15) is 0 Å². The highest BCUT2D eigenvalue weighted by atomic mass is 35.5. The van der Waals surface area contributed by atoms with Crippen molar-refractivity contribution in [3.63, 3.8) is 0 Å². The van der Waals surface area contributed by atoms with Crippen molar-refractivity contribution in [2.45, 2.75) is 32.8 Å². The van der Waals surface area contributed by atoms with E-state index in [9.17, 15) is 5.11 Å². The number of para-hydroxylation sites is 2. The fourth-order valence-corrected chi connectivity index (χ4v) is 3.28. The van der Waals surface area contributed by atoms with E-state index in [4.69, 9.17) is 9.47 Å². The molecule has 1 aromatic rings. The summed E-state index contributed by atoms with van der Waals surface area (Å²) in [5, 5.41) is 10.1. The molecule has 1 atom stereocenters. The van der Waals surface area contributed by atoms with Gasteiger partial charge in [0.25, 0.3) is 0 Å². The van der Waals surface area contributed by atoms with Gasteiger partial charge < -0.3 is 44.3 Å². The largest absolute Gasteiger partial charge is 1.00 e. The van der Waals surface area contributed by atoms with Gasteiger partial charge in [-0.1, -0.05) is 25.5 Å². The van der Waals surface area contributed by atoms with E-state index >= 15 is 0 Å². The van der Waals surface area contributed by atoms with Gasteiger partial charge in [0, 0.05) is 12.7 Å². The third-order valence-electron chi connectivity index (χ3n) is 4.61. The molecule has 7 heteroatoms. The molecule has 0 aliphatic carbocycles. The Hall–Kier alpha value is -0.560. The number of hydrogen-bond acceptors (Lipinski definition) is 3. The van der Waals surface area contributed by atoms with E-state index in [0.717, 1.165) is 57.9 Å². The molecule has 0 radical (unpaired) electrons. The maximum atomic E-state index is 10.1. The molecule has 0 aromatic heterocycles. The molecule has 2 rings (SSSR count). The summed E-state index contributed by atoms with van der Waals surface area (Å²) < 4.78 is 11.3. The van der Waals surface area contributed by atoms with Crippen LogP contribution >= 0.6 is 0 Å². The van der Waals surface area contributed by atoms with Crippen molar-refractivity contribution >= 4 is 5.69 Å². The number of benzene rings is 1. The lowest BCUT2D eigenvalue weighted by atomic mass is 10.2. The molecule has 1 heterocycles. The molecule has 1 unspecified atom stereocenters. The number of nitrogens with one attached hydrogen (secondary N) is 2. The van der Waals surface area contributed by atoms with Crippen LogP contribution < -0.4 is 39.4 Å². The maximum Gasteiger partial charge on any atom is 0.179 e. The third-order valence-corrected chi connectivity index (χ3v) is 4.61. The minimum Gasteiger partial charge on any atom is -1.00 e. The lowest BCUT2D eigenvalue weighted by molar-refractivity contribution is -0.988. The second kappa shape index (κ2) is 14.5. The molecule has 3 N–H and O–H groups in total. The molecule has 0 saturated carbocycles. The van der Waals surface area contributed by atoms with Gasteiger partial charge in [-0.05, 0) is 19.4 Å². The van der Waals surface area contributed by atoms with Crippen LogP contribution in [0.1, 0.15) is 26.7 Å². The molecule has 1 aliphatic heterocycles. The Kier molecular flexibility index (Phi) is 14.2. The first-order valence-corrected chi connectivity index (χ1v) is 9.40. The monoisotopic (exact) mass is 408 g/mol. The van der Waals surface area contributed by atoms with Crippen molar-refractivity contribution in [1.29, 1.82) is 0 Å². The molecule has 0 spiro atoms. The highest BCUT2D eigenvalue weighted by molar-refractivity contribution is 5.45. The van der Waals surface area contributed by atoms with Crippen LogP contribution in [0, 0.1) is 0 Å². The van der Waals surface area contributed by atoms with Gasteiger partial charge in [-0.25, -0.2) is 0 Å². The lowest BCUT2D eigenvalue weighted by Gasteiger charge is -2.31. The van der Waals surface area contributed by atoms with Crippen molar-refractivity contribution in [1.82, 2.24) is 0 Å². The summed E-state index contributed by atoms with van der Waals surface area (Å²) >= 11 is 0. The van der Waals surface area contributed by atoms with E-state index < -0.39 is 0 Å². The lowest BCUT2D eigenvalue weighted by Crippen LogP contribution is -3.26. The van der Waals surface area contributed by atoms with Gasteiger partial charge in [-0.15, -0.1) is 0 Å². The Bertz CT molecular complexity index is 472. The Labute approximate surface area is 170 Å². The predicted molar refractivity (Wildman–Crippen MR) is 95.3 cm³/mol. The summed E-state index contributed by atoms with van der Waals surface area (Å²) in [5.74, 6) is 1.00. The zero-order valence-electron chi connectivity index (χ0n) is 16.0. The Morgan fingerprint density at radius 1 is 1.08 bits per heavy atom. The molecule has 1 aromatic carbocycles. The van der Waals surface area contributed by atoms with Crippen molar-refractivity contribution in [2.24, 2.45) is 0 Å². The molecule has 1 aliphatic rings. The zero-order valence-corrected chi connectivity index (χ0v) is 17.5. The number of aliphatic hydroxyl groups excluding tert-OH is 1. The van der Waals surface area contributed by atoms with Gasteiger partial charge in [0.2, 0.25) is 0 Å². The fraction of sp³-hybridized carbons (Fsp3) is 0.684. The number of quaternary nitrogens is 2. The van der Waals surface area contributed by atoms with Crippen LogP contribution in [-0.4, -0.2) is 63.8 Å². The van der Waals surface area contributed by atoms with E-state index in [-0.39, 0.29) is 30.9 Å². The first-order valence-electron chi connectivity index (χ1n) is 9.40. The summed E-state index contributed by atoms with van der Waals surface area (Å²) in [4.78, 5) is 2.95. The van der Waals surface area contributed by atoms with Crippen molar-refractivity contribution < 1.29 is 49.2 Å². The maximum absolute atomic E-state index is 10.1. The molecule has 152 valence electrons. The van der Waals surface area contributed by atoms with Gasteiger partial charge in [0.05, 0.1) is 13.2 Å². The van der Waals surface area contributed by atoms with Crippen LogP contribution in [0.15, 0.2) is 24.3 Å². The number of ether oxygens (including phenoxy) is 2. The van der Waals surface area contributed by atoms with E-state index in [1.54, 1.807) is 0 Å². The standard InChI is InChI=1S/C19H32N2O3.2ClH/c1-3-5-14-23-16-17(22)15-20-10-12-21(13-11-20)18-8-6-7-9-19(18)24-4-2;;/h6-9,17,22H,3-5,10-16H2,1-2H3;2*1H. The molecular weight excluding hydrogens is 375 g/mol. The van der Waals surface area contributed by atoms with Crippen LogP contribution in [0.4, 0.5) is 5.69 Å². The van der Waals surface area contributed by atoms with Gasteiger partial charge in [0.1, 0.15) is 38.8 Å².